The molecule has 0 aliphatic heterocycles. The second-order valence-electron chi connectivity index (χ2n) is 5.94. The molecule has 0 aromatic heterocycles. The lowest BCUT2D eigenvalue weighted by Gasteiger charge is -2.27. The van der Waals surface area contributed by atoms with E-state index < -0.39 is 0 Å². The van der Waals surface area contributed by atoms with Gasteiger partial charge in [0.05, 0.1) is 0 Å². The maximum absolute atomic E-state index is 3.62. The number of hydrogen-bond donors (Lipinski definition) is 1. The van der Waals surface area contributed by atoms with E-state index in [-0.39, 0.29) is 0 Å². The lowest BCUT2D eigenvalue weighted by molar-refractivity contribution is 0.394. The fourth-order valence-electron chi connectivity index (χ4n) is 2.85. The van der Waals surface area contributed by atoms with Crippen LogP contribution in [0, 0.1) is 5.92 Å². The summed E-state index contributed by atoms with van der Waals surface area (Å²) in [6.07, 6.45) is 6.76. The van der Waals surface area contributed by atoms with Gasteiger partial charge in [-0.1, -0.05) is 48.7 Å². The minimum Gasteiger partial charge on any atom is -0.313 e. The van der Waals surface area contributed by atoms with Gasteiger partial charge in [-0.25, -0.2) is 0 Å². The molecule has 0 heterocycles. The zero-order chi connectivity index (χ0) is 14.4. The van der Waals surface area contributed by atoms with Gasteiger partial charge >= 0.3 is 0 Å². The largest absolute Gasteiger partial charge is 0.313 e. The molecule has 1 fully saturated rings. The summed E-state index contributed by atoms with van der Waals surface area (Å²) in [6.45, 7) is 6.71. The smallest absolute Gasteiger partial charge is 0.0216 e. The van der Waals surface area contributed by atoms with E-state index >= 15 is 0 Å². The SMILES string of the molecule is CCCNCc1ccc(Br)cc1SC1CCCC(C)C1. The van der Waals surface area contributed by atoms with Crippen LogP contribution in [0.25, 0.3) is 0 Å². The van der Waals surface area contributed by atoms with Crippen LogP contribution in [0.3, 0.4) is 0 Å². The molecule has 1 aromatic carbocycles. The fraction of sp³-hybridized carbons (Fsp3) is 0.647. The van der Waals surface area contributed by atoms with Gasteiger partial charge in [0.15, 0.2) is 0 Å². The van der Waals surface area contributed by atoms with Gasteiger partial charge in [0.2, 0.25) is 0 Å². The Morgan fingerprint density at radius 2 is 2.20 bits per heavy atom. The van der Waals surface area contributed by atoms with Crippen LogP contribution in [0.2, 0.25) is 0 Å². The Labute approximate surface area is 136 Å². The van der Waals surface area contributed by atoms with Crippen molar-refractivity contribution in [3.63, 3.8) is 0 Å². The predicted molar refractivity (Wildman–Crippen MR) is 93.4 cm³/mol. The Kier molecular flexibility index (Phi) is 6.92. The normalized spacial score (nSPS) is 22.9. The lowest BCUT2D eigenvalue weighted by Crippen LogP contribution is -2.17. The van der Waals surface area contributed by atoms with Crippen molar-refractivity contribution in [2.75, 3.05) is 6.54 Å². The van der Waals surface area contributed by atoms with Gasteiger partial charge in [-0.2, -0.15) is 0 Å². The third-order valence-corrected chi connectivity index (χ3v) is 5.84. The van der Waals surface area contributed by atoms with Gasteiger partial charge in [0, 0.05) is 21.2 Å². The number of hydrogen-bond acceptors (Lipinski definition) is 2. The first kappa shape index (κ1) is 16.4. The first-order chi connectivity index (χ1) is 9.69. The molecule has 2 unspecified atom stereocenters. The molecule has 2 atom stereocenters. The molecule has 1 saturated carbocycles. The quantitative estimate of drug-likeness (QED) is 0.664. The van der Waals surface area contributed by atoms with Gasteiger partial charge in [-0.3, -0.25) is 0 Å². The number of nitrogens with one attached hydrogen (secondary N) is 1. The second-order valence-corrected chi connectivity index (χ2v) is 8.20. The Bertz CT molecular complexity index is 421. The molecular weight excluding hydrogens is 330 g/mol. The molecule has 112 valence electrons. The highest BCUT2D eigenvalue weighted by molar-refractivity contribution is 9.10. The zero-order valence-corrected chi connectivity index (χ0v) is 15.0. The third kappa shape index (κ3) is 5.09. The topological polar surface area (TPSA) is 12.0 Å². The van der Waals surface area contributed by atoms with Crippen molar-refractivity contribution in [3.8, 4) is 0 Å². The molecule has 1 nitrogen and oxygen atoms in total. The number of rotatable bonds is 6. The van der Waals surface area contributed by atoms with Crippen molar-refractivity contribution in [2.24, 2.45) is 5.92 Å². The molecule has 1 aliphatic carbocycles. The highest BCUT2D eigenvalue weighted by Crippen LogP contribution is 2.38. The standard InChI is InChI=1S/C17H26BrNS/c1-3-9-19-12-14-7-8-15(18)11-17(14)20-16-6-4-5-13(2)10-16/h7-8,11,13,16,19H,3-6,9-10,12H2,1-2H3. The second kappa shape index (κ2) is 8.45. The Morgan fingerprint density at radius 3 is 2.95 bits per heavy atom. The summed E-state index contributed by atoms with van der Waals surface area (Å²) in [5, 5.41) is 4.33. The van der Waals surface area contributed by atoms with Crippen LogP contribution in [0.15, 0.2) is 27.6 Å². The van der Waals surface area contributed by atoms with E-state index in [1.165, 1.54) is 47.0 Å². The van der Waals surface area contributed by atoms with Crippen LogP contribution in [0.4, 0.5) is 0 Å². The lowest BCUT2D eigenvalue weighted by atomic mass is 9.91. The number of halogens is 1. The van der Waals surface area contributed by atoms with Crippen LogP contribution in [-0.4, -0.2) is 11.8 Å². The summed E-state index contributed by atoms with van der Waals surface area (Å²) in [7, 11) is 0. The summed E-state index contributed by atoms with van der Waals surface area (Å²) >= 11 is 5.72. The third-order valence-electron chi connectivity index (χ3n) is 3.95. The average Bonchev–Trinajstić information content (AvgIpc) is 2.41. The Hall–Kier alpha value is 0.01000. The Morgan fingerprint density at radius 1 is 1.35 bits per heavy atom. The highest BCUT2D eigenvalue weighted by atomic mass is 79.9. The van der Waals surface area contributed by atoms with E-state index in [1.54, 1.807) is 0 Å². The average molecular weight is 356 g/mol. The summed E-state index contributed by atoms with van der Waals surface area (Å²) in [5.41, 5.74) is 1.45. The van der Waals surface area contributed by atoms with Crippen LogP contribution in [0.5, 0.6) is 0 Å². The van der Waals surface area contributed by atoms with Gasteiger partial charge in [0.25, 0.3) is 0 Å². The minimum absolute atomic E-state index is 0.804. The van der Waals surface area contributed by atoms with E-state index in [1.807, 2.05) is 0 Å². The highest BCUT2D eigenvalue weighted by Gasteiger charge is 2.20. The molecule has 3 heteroatoms. The van der Waals surface area contributed by atoms with Crippen molar-refractivity contribution in [2.45, 2.75) is 62.6 Å². The van der Waals surface area contributed by atoms with E-state index in [0.717, 1.165) is 24.3 Å². The van der Waals surface area contributed by atoms with Gasteiger partial charge in [0.1, 0.15) is 0 Å². The van der Waals surface area contributed by atoms with Gasteiger partial charge < -0.3 is 5.32 Å². The zero-order valence-electron chi connectivity index (χ0n) is 12.6. The van der Waals surface area contributed by atoms with Gasteiger partial charge in [-0.15, -0.1) is 11.8 Å². The molecule has 1 N–H and O–H groups in total. The molecule has 0 spiro atoms. The van der Waals surface area contributed by atoms with E-state index in [4.69, 9.17) is 0 Å². The number of thioether (sulfide) groups is 1. The maximum Gasteiger partial charge on any atom is 0.0216 e. The van der Waals surface area contributed by atoms with Crippen LogP contribution in [0.1, 0.15) is 51.5 Å². The molecule has 1 aliphatic rings. The minimum atomic E-state index is 0.804. The van der Waals surface area contributed by atoms with Crippen molar-refractivity contribution < 1.29 is 0 Å². The molecule has 0 bridgehead atoms. The monoisotopic (exact) mass is 355 g/mol. The molecule has 2 rings (SSSR count). The summed E-state index contributed by atoms with van der Waals surface area (Å²) in [4.78, 5) is 1.46. The fourth-order valence-corrected chi connectivity index (χ4v) is 4.92. The molecule has 20 heavy (non-hydrogen) atoms. The van der Waals surface area contributed by atoms with Crippen LogP contribution in [-0.2, 0) is 6.54 Å². The first-order valence-electron chi connectivity index (χ1n) is 7.84. The summed E-state index contributed by atoms with van der Waals surface area (Å²) in [5.74, 6) is 0.898. The van der Waals surface area contributed by atoms with Crippen molar-refractivity contribution >= 4 is 27.7 Å². The number of benzene rings is 1. The first-order valence-corrected chi connectivity index (χ1v) is 9.52. The van der Waals surface area contributed by atoms with Crippen molar-refractivity contribution in [1.82, 2.24) is 5.32 Å². The molecule has 0 saturated heterocycles. The maximum atomic E-state index is 3.62. The Balaban J connectivity index is 2.02. The van der Waals surface area contributed by atoms with Gasteiger partial charge in [-0.05, 0) is 49.4 Å². The van der Waals surface area contributed by atoms with E-state index in [9.17, 15) is 0 Å². The molecule has 0 amide bonds. The predicted octanol–water partition coefficient (Wildman–Crippen LogP) is 5.62. The molecular formula is C17H26BrNS. The van der Waals surface area contributed by atoms with E-state index in [0.29, 0.717) is 0 Å². The van der Waals surface area contributed by atoms with Crippen LogP contribution < -0.4 is 5.32 Å². The molecule has 0 radical (unpaired) electrons. The van der Waals surface area contributed by atoms with E-state index in [2.05, 4.69) is 65.1 Å². The summed E-state index contributed by atoms with van der Waals surface area (Å²) in [6, 6.07) is 6.73. The molecule has 1 aromatic rings. The van der Waals surface area contributed by atoms with Crippen molar-refractivity contribution in [3.05, 3.63) is 28.2 Å². The summed E-state index contributed by atoms with van der Waals surface area (Å²) < 4.78 is 1.20. The van der Waals surface area contributed by atoms with Crippen LogP contribution >= 0.6 is 27.7 Å². The van der Waals surface area contributed by atoms with Crippen molar-refractivity contribution in [1.29, 1.82) is 0 Å².